The zero-order valence-corrected chi connectivity index (χ0v) is 9.86. The van der Waals surface area contributed by atoms with Gasteiger partial charge < -0.3 is 4.52 Å². The average molecular weight is 264 g/mol. The van der Waals surface area contributed by atoms with Gasteiger partial charge in [-0.25, -0.2) is 0 Å². The van der Waals surface area contributed by atoms with Crippen molar-refractivity contribution in [3.63, 3.8) is 0 Å². The number of aryl methyl sites for hydroxylation is 1. The molecule has 0 N–H and O–H groups in total. The van der Waals surface area contributed by atoms with Gasteiger partial charge in [-0.3, -0.25) is 0 Å². The minimum Gasteiger partial charge on any atom is -0.334 e. The Bertz CT molecular complexity index is 510. The first-order chi connectivity index (χ1) is 7.08. The number of rotatable bonds is 1. The van der Waals surface area contributed by atoms with Gasteiger partial charge in [0.25, 0.3) is 5.89 Å². The summed E-state index contributed by atoms with van der Waals surface area (Å²) in [4.78, 5) is 4.04. The minimum atomic E-state index is 0.307. The normalized spacial score (nSPS) is 10.7. The molecular weight excluding hydrogens is 258 g/mol. The lowest BCUT2D eigenvalue weighted by Gasteiger charge is -2.01. The molecule has 0 atom stereocenters. The van der Waals surface area contributed by atoms with Crippen LogP contribution in [0.25, 0.3) is 11.5 Å². The fraction of sp³-hybridized carbons (Fsp3) is 0.111. The Morgan fingerprint density at radius 3 is 2.53 bits per heavy atom. The highest BCUT2D eigenvalue weighted by molar-refractivity contribution is 6.44. The topological polar surface area (TPSA) is 38.9 Å². The minimum absolute atomic E-state index is 0.307. The largest absolute Gasteiger partial charge is 0.334 e. The first kappa shape index (κ1) is 10.7. The number of hydrogen-bond donors (Lipinski definition) is 0. The second-order valence-electron chi connectivity index (χ2n) is 2.90. The van der Waals surface area contributed by atoms with Gasteiger partial charge in [-0.15, -0.1) is 0 Å². The third kappa shape index (κ3) is 2.09. The molecule has 0 aliphatic rings. The molecule has 1 heterocycles. The fourth-order valence-electron chi connectivity index (χ4n) is 1.12. The van der Waals surface area contributed by atoms with Crippen molar-refractivity contribution in [1.82, 2.24) is 10.1 Å². The average Bonchev–Trinajstić information content (AvgIpc) is 2.58. The molecular formula is C9H5Cl3N2O. The lowest BCUT2D eigenvalue weighted by atomic mass is 10.2. The second kappa shape index (κ2) is 4.00. The van der Waals surface area contributed by atoms with E-state index in [1.165, 1.54) is 0 Å². The summed E-state index contributed by atoms with van der Waals surface area (Å²) in [6.45, 7) is 1.72. The predicted octanol–water partition coefficient (Wildman–Crippen LogP) is 4.01. The Balaban J connectivity index is 2.62. The summed E-state index contributed by atoms with van der Waals surface area (Å²) in [5.74, 6) is 0.832. The van der Waals surface area contributed by atoms with E-state index in [1.54, 1.807) is 19.1 Å². The van der Waals surface area contributed by atoms with Gasteiger partial charge in [-0.1, -0.05) is 40.0 Å². The Morgan fingerprint density at radius 2 is 1.93 bits per heavy atom. The molecule has 0 amide bonds. The van der Waals surface area contributed by atoms with Crippen molar-refractivity contribution in [3.8, 4) is 11.5 Å². The van der Waals surface area contributed by atoms with E-state index in [4.69, 9.17) is 39.3 Å². The number of hydrogen-bond acceptors (Lipinski definition) is 3. The molecule has 15 heavy (non-hydrogen) atoms. The van der Waals surface area contributed by atoms with Crippen LogP contribution in [0.2, 0.25) is 15.1 Å². The molecule has 0 spiro atoms. The maximum atomic E-state index is 5.99. The molecule has 0 saturated carbocycles. The molecule has 0 radical (unpaired) electrons. The molecule has 0 saturated heterocycles. The van der Waals surface area contributed by atoms with Crippen LogP contribution in [-0.4, -0.2) is 10.1 Å². The van der Waals surface area contributed by atoms with E-state index < -0.39 is 0 Å². The van der Waals surface area contributed by atoms with Crippen molar-refractivity contribution in [2.24, 2.45) is 0 Å². The van der Waals surface area contributed by atoms with Crippen molar-refractivity contribution >= 4 is 34.8 Å². The zero-order chi connectivity index (χ0) is 11.0. The van der Waals surface area contributed by atoms with Crippen LogP contribution in [0.4, 0.5) is 0 Å². The summed E-state index contributed by atoms with van der Waals surface area (Å²) in [6.07, 6.45) is 0. The molecule has 3 nitrogen and oxygen atoms in total. The zero-order valence-electron chi connectivity index (χ0n) is 7.59. The van der Waals surface area contributed by atoms with Crippen LogP contribution >= 0.6 is 34.8 Å². The molecule has 0 aliphatic carbocycles. The van der Waals surface area contributed by atoms with Crippen LogP contribution in [0.3, 0.4) is 0 Å². The standard InChI is InChI=1S/C9H5Cl3N2O/c1-4-13-9(15-14-4)6-2-5(10)3-7(11)8(6)12/h2-3H,1H3. The SMILES string of the molecule is Cc1noc(-c2cc(Cl)cc(Cl)c2Cl)n1. The molecule has 2 rings (SSSR count). The Kier molecular flexibility index (Phi) is 2.87. The smallest absolute Gasteiger partial charge is 0.259 e. The van der Waals surface area contributed by atoms with E-state index in [-0.39, 0.29) is 0 Å². The quantitative estimate of drug-likeness (QED) is 0.730. The predicted molar refractivity (Wildman–Crippen MR) is 59.5 cm³/mol. The summed E-state index contributed by atoms with van der Waals surface area (Å²) in [7, 11) is 0. The fourth-order valence-corrected chi connectivity index (χ4v) is 1.80. The summed E-state index contributed by atoms with van der Waals surface area (Å²) in [5, 5.41) is 4.84. The number of nitrogens with zero attached hydrogens (tertiary/aromatic N) is 2. The monoisotopic (exact) mass is 262 g/mol. The van der Waals surface area contributed by atoms with Gasteiger partial charge in [0.2, 0.25) is 0 Å². The third-order valence-electron chi connectivity index (χ3n) is 1.75. The van der Waals surface area contributed by atoms with E-state index >= 15 is 0 Å². The molecule has 6 heteroatoms. The van der Waals surface area contributed by atoms with Crippen molar-refractivity contribution in [2.75, 3.05) is 0 Å². The number of halogens is 3. The number of benzene rings is 1. The first-order valence-electron chi connectivity index (χ1n) is 4.03. The van der Waals surface area contributed by atoms with E-state index in [0.717, 1.165) is 0 Å². The van der Waals surface area contributed by atoms with Gasteiger partial charge in [-0.2, -0.15) is 4.98 Å². The Labute approximate surface area is 101 Å². The van der Waals surface area contributed by atoms with E-state index in [9.17, 15) is 0 Å². The van der Waals surface area contributed by atoms with Gasteiger partial charge in [0, 0.05) is 5.02 Å². The summed E-state index contributed by atoms with van der Waals surface area (Å²) < 4.78 is 4.98. The molecule has 1 aromatic heterocycles. The van der Waals surface area contributed by atoms with E-state index in [2.05, 4.69) is 10.1 Å². The van der Waals surface area contributed by atoms with Gasteiger partial charge in [0.15, 0.2) is 5.82 Å². The van der Waals surface area contributed by atoms with Crippen LogP contribution in [-0.2, 0) is 0 Å². The molecule has 78 valence electrons. The highest BCUT2D eigenvalue weighted by atomic mass is 35.5. The maximum absolute atomic E-state index is 5.99. The summed E-state index contributed by atoms with van der Waals surface area (Å²) in [5.41, 5.74) is 0.537. The van der Waals surface area contributed by atoms with Crippen molar-refractivity contribution in [3.05, 3.63) is 33.0 Å². The van der Waals surface area contributed by atoms with Gasteiger partial charge >= 0.3 is 0 Å². The molecule has 0 bridgehead atoms. The van der Waals surface area contributed by atoms with Crippen molar-refractivity contribution in [2.45, 2.75) is 6.92 Å². The molecule has 2 aromatic rings. The molecule has 0 fully saturated rings. The second-order valence-corrected chi connectivity index (χ2v) is 4.12. The lowest BCUT2D eigenvalue weighted by molar-refractivity contribution is 0.425. The number of aromatic nitrogens is 2. The third-order valence-corrected chi connectivity index (χ3v) is 2.77. The van der Waals surface area contributed by atoms with Crippen molar-refractivity contribution < 1.29 is 4.52 Å². The van der Waals surface area contributed by atoms with Crippen LogP contribution < -0.4 is 0 Å². The Hall–Kier alpha value is -0.770. The van der Waals surface area contributed by atoms with Crippen LogP contribution in [0, 0.1) is 6.92 Å². The molecule has 1 aromatic carbocycles. The van der Waals surface area contributed by atoms with Crippen LogP contribution in [0.5, 0.6) is 0 Å². The molecule has 0 aliphatic heterocycles. The highest BCUT2D eigenvalue weighted by Gasteiger charge is 2.14. The van der Waals surface area contributed by atoms with Gasteiger partial charge in [0.1, 0.15) is 0 Å². The summed E-state index contributed by atoms with van der Waals surface area (Å²) in [6, 6.07) is 3.18. The first-order valence-corrected chi connectivity index (χ1v) is 5.16. The molecule has 0 unspecified atom stereocenters. The Morgan fingerprint density at radius 1 is 1.20 bits per heavy atom. The maximum Gasteiger partial charge on any atom is 0.259 e. The van der Waals surface area contributed by atoms with E-state index in [1.807, 2.05) is 0 Å². The lowest BCUT2D eigenvalue weighted by Crippen LogP contribution is -1.82. The highest BCUT2D eigenvalue weighted by Crippen LogP contribution is 2.35. The van der Waals surface area contributed by atoms with Gasteiger partial charge in [-0.05, 0) is 19.1 Å². The van der Waals surface area contributed by atoms with E-state index in [0.29, 0.717) is 32.3 Å². The van der Waals surface area contributed by atoms with Crippen molar-refractivity contribution in [1.29, 1.82) is 0 Å². The van der Waals surface area contributed by atoms with Crippen LogP contribution in [0.15, 0.2) is 16.7 Å². The summed E-state index contributed by atoms with van der Waals surface area (Å²) >= 11 is 17.7. The van der Waals surface area contributed by atoms with Crippen LogP contribution in [0.1, 0.15) is 5.82 Å². The van der Waals surface area contributed by atoms with Gasteiger partial charge in [0.05, 0.1) is 15.6 Å².